The van der Waals surface area contributed by atoms with E-state index in [1.807, 2.05) is 0 Å². The summed E-state index contributed by atoms with van der Waals surface area (Å²) in [6, 6.07) is 11.0. The van der Waals surface area contributed by atoms with Crippen LogP contribution in [0, 0.1) is 0 Å². The van der Waals surface area contributed by atoms with Crippen molar-refractivity contribution in [1.29, 1.82) is 0 Å². The van der Waals surface area contributed by atoms with E-state index in [0.717, 1.165) is 0 Å². The van der Waals surface area contributed by atoms with Gasteiger partial charge in [0.05, 0.1) is 32.1 Å². The summed E-state index contributed by atoms with van der Waals surface area (Å²) in [6.07, 6.45) is 0. The Kier molecular flexibility index (Phi) is 6.22. The predicted octanol–water partition coefficient (Wildman–Crippen LogP) is 3.52. The molecule has 0 aliphatic carbocycles. The first kappa shape index (κ1) is 18.1. The maximum Gasteiger partial charge on any atom is 0.338 e. The van der Waals surface area contributed by atoms with Crippen molar-refractivity contribution < 1.29 is 23.8 Å². The Morgan fingerprint density at radius 1 is 0.960 bits per heavy atom. The molecule has 0 atom stereocenters. The van der Waals surface area contributed by atoms with Crippen molar-refractivity contribution >= 4 is 23.4 Å². The van der Waals surface area contributed by atoms with E-state index in [0.29, 0.717) is 35.0 Å². The first-order chi connectivity index (χ1) is 12.1. The molecule has 0 aliphatic rings. The third-order valence-corrected chi connectivity index (χ3v) is 3.31. The molecule has 0 heterocycles. The fourth-order valence-corrected chi connectivity index (χ4v) is 2.10. The fraction of sp³-hybridized carbons (Fsp3) is 0.222. The van der Waals surface area contributed by atoms with Crippen molar-refractivity contribution in [2.24, 2.45) is 0 Å². The summed E-state index contributed by atoms with van der Waals surface area (Å²) >= 11 is 0. The molecule has 0 unspecified atom stereocenters. The van der Waals surface area contributed by atoms with Gasteiger partial charge in [-0.1, -0.05) is 0 Å². The number of urea groups is 1. The van der Waals surface area contributed by atoms with Crippen LogP contribution >= 0.6 is 0 Å². The second kappa shape index (κ2) is 8.58. The summed E-state index contributed by atoms with van der Waals surface area (Å²) in [5.41, 5.74) is 1.43. The van der Waals surface area contributed by atoms with Gasteiger partial charge in [-0.15, -0.1) is 0 Å². The maximum absolute atomic E-state index is 12.2. The molecule has 7 heteroatoms. The van der Waals surface area contributed by atoms with Gasteiger partial charge in [-0.3, -0.25) is 0 Å². The highest BCUT2D eigenvalue weighted by Crippen LogP contribution is 2.29. The molecule has 2 N–H and O–H groups in total. The van der Waals surface area contributed by atoms with Crippen LogP contribution in [-0.2, 0) is 4.74 Å². The number of methoxy groups -OCH3 is 2. The number of nitrogens with one attached hydrogen (secondary N) is 2. The second-order valence-corrected chi connectivity index (χ2v) is 4.94. The summed E-state index contributed by atoms with van der Waals surface area (Å²) in [5.74, 6) is 0.697. The lowest BCUT2D eigenvalue weighted by atomic mass is 10.2. The van der Waals surface area contributed by atoms with Gasteiger partial charge < -0.3 is 24.8 Å². The first-order valence-electron chi connectivity index (χ1n) is 7.64. The van der Waals surface area contributed by atoms with Crippen molar-refractivity contribution in [1.82, 2.24) is 0 Å². The number of anilines is 2. The first-order valence-corrected chi connectivity index (χ1v) is 7.64. The molecule has 2 aromatic carbocycles. The zero-order chi connectivity index (χ0) is 18.2. The summed E-state index contributed by atoms with van der Waals surface area (Å²) < 4.78 is 15.3. The number of rotatable bonds is 6. The van der Waals surface area contributed by atoms with E-state index in [1.165, 1.54) is 14.2 Å². The molecule has 2 rings (SSSR count). The standard InChI is InChI=1S/C18H20N2O5/c1-4-25-17(21)12-5-7-13(8-6-12)19-18(22)20-15-11-14(23-2)9-10-16(15)24-3/h5-11H,4H2,1-3H3,(H2,19,20,22). The van der Waals surface area contributed by atoms with E-state index in [2.05, 4.69) is 10.6 Å². The molecule has 2 amide bonds. The van der Waals surface area contributed by atoms with Gasteiger partial charge in [0.1, 0.15) is 11.5 Å². The van der Waals surface area contributed by atoms with Gasteiger partial charge in [-0.25, -0.2) is 9.59 Å². The van der Waals surface area contributed by atoms with Crippen molar-refractivity contribution in [3.8, 4) is 11.5 Å². The zero-order valence-corrected chi connectivity index (χ0v) is 14.3. The molecule has 0 saturated carbocycles. The lowest BCUT2D eigenvalue weighted by Crippen LogP contribution is -2.20. The quantitative estimate of drug-likeness (QED) is 0.783. The topological polar surface area (TPSA) is 85.9 Å². The second-order valence-electron chi connectivity index (χ2n) is 4.94. The van der Waals surface area contributed by atoms with Crippen molar-refractivity contribution in [2.45, 2.75) is 6.92 Å². The normalized spacial score (nSPS) is 9.88. The van der Waals surface area contributed by atoms with Crippen molar-refractivity contribution in [3.05, 3.63) is 48.0 Å². The van der Waals surface area contributed by atoms with Crippen LogP contribution in [0.1, 0.15) is 17.3 Å². The molecule has 0 aromatic heterocycles. The van der Waals surface area contributed by atoms with Crippen LogP contribution in [0.15, 0.2) is 42.5 Å². The molecule has 132 valence electrons. The van der Waals surface area contributed by atoms with Crippen LogP contribution in [0.25, 0.3) is 0 Å². The molecule has 0 bridgehead atoms. The smallest absolute Gasteiger partial charge is 0.338 e. The Labute approximate surface area is 145 Å². The highest BCUT2D eigenvalue weighted by Gasteiger charge is 2.10. The minimum atomic E-state index is -0.449. The van der Waals surface area contributed by atoms with Crippen LogP contribution in [0.4, 0.5) is 16.2 Å². The lowest BCUT2D eigenvalue weighted by molar-refractivity contribution is 0.0526. The average Bonchev–Trinajstić information content (AvgIpc) is 2.62. The van der Waals surface area contributed by atoms with Crippen molar-refractivity contribution in [3.63, 3.8) is 0 Å². The Morgan fingerprint density at radius 3 is 2.28 bits per heavy atom. The molecular formula is C18H20N2O5. The maximum atomic E-state index is 12.2. The average molecular weight is 344 g/mol. The molecule has 0 aliphatic heterocycles. The molecule has 0 radical (unpaired) electrons. The molecule has 0 fully saturated rings. The predicted molar refractivity (Wildman–Crippen MR) is 94.6 cm³/mol. The molecule has 2 aromatic rings. The van der Waals surface area contributed by atoms with Crippen LogP contribution in [0.5, 0.6) is 11.5 Å². The third kappa shape index (κ3) is 4.87. The fourth-order valence-electron chi connectivity index (χ4n) is 2.10. The minimum absolute atomic E-state index is 0.309. The highest BCUT2D eigenvalue weighted by molar-refractivity contribution is 6.01. The number of hydrogen-bond donors (Lipinski definition) is 2. The SMILES string of the molecule is CCOC(=O)c1ccc(NC(=O)Nc2cc(OC)ccc2OC)cc1. The summed E-state index contributed by atoms with van der Waals surface area (Å²) in [6.45, 7) is 2.05. The minimum Gasteiger partial charge on any atom is -0.497 e. The van der Waals surface area contributed by atoms with Crippen LogP contribution < -0.4 is 20.1 Å². The Morgan fingerprint density at radius 2 is 1.68 bits per heavy atom. The van der Waals surface area contributed by atoms with Gasteiger partial charge >= 0.3 is 12.0 Å². The number of hydrogen-bond acceptors (Lipinski definition) is 5. The van der Waals surface area contributed by atoms with E-state index in [9.17, 15) is 9.59 Å². The summed E-state index contributed by atoms with van der Waals surface area (Å²) in [4.78, 5) is 23.8. The van der Waals surface area contributed by atoms with Gasteiger partial charge in [0, 0.05) is 11.8 Å². The molecule has 0 spiro atoms. The monoisotopic (exact) mass is 344 g/mol. The molecule has 25 heavy (non-hydrogen) atoms. The molecule has 0 saturated heterocycles. The summed E-state index contributed by atoms with van der Waals surface area (Å²) in [7, 11) is 3.05. The van der Waals surface area contributed by atoms with Gasteiger partial charge in [-0.05, 0) is 43.3 Å². The Bertz CT molecular complexity index is 744. The van der Waals surface area contributed by atoms with E-state index < -0.39 is 12.0 Å². The van der Waals surface area contributed by atoms with E-state index in [-0.39, 0.29) is 0 Å². The third-order valence-electron chi connectivity index (χ3n) is 3.31. The number of carbonyl (C=O) groups excluding carboxylic acids is 2. The van der Waals surface area contributed by atoms with Gasteiger partial charge in [-0.2, -0.15) is 0 Å². The van der Waals surface area contributed by atoms with Crippen LogP contribution in [0.2, 0.25) is 0 Å². The Balaban J connectivity index is 2.04. The van der Waals surface area contributed by atoms with E-state index in [1.54, 1.807) is 49.4 Å². The highest BCUT2D eigenvalue weighted by atomic mass is 16.5. The van der Waals surface area contributed by atoms with Crippen LogP contribution in [0.3, 0.4) is 0 Å². The zero-order valence-electron chi connectivity index (χ0n) is 14.3. The lowest BCUT2D eigenvalue weighted by Gasteiger charge is -2.12. The van der Waals surface area contributed by atoms with Gasteiger partial charge in [0.2, 0.25) is 0 Å². The molecular weight excluding hydrogens is 324 g/mol. The van der Waals surface area contributed by atoms with Crippen LogP contribution in [-0.4, -0.2) is 32.8 Å². The van der Waals surface area contributed by atoms with E-state index >= 15 is 0 Å². The number of benzene rings is 2. The van der Waals surface area contributed by atoms with Gasteiger partial charge in [0.15, 0.2) is 0 Å². The number of esters is 1. The summed E-state index contributed by atoms with van der Waals surface area (Å²) in [5, 5.41) is 5.37. The number of carbonyl (C=O) groups is 2. The number of amides is 2. The van der Waals surface area contributed by atoms with Crippen molar-refractivity contribution in [2.75, 3.05) is 31.5 Å². The van der Waals surface area contributed by atoms with Gasteiger partial charge in [0.25, 0.3) is 0 Å². The largest absolute Gasteiger partial charge is 0.497 e. The Hall–Kier alpha value is -3.22. The van der Waals surface area contributed by atoms with E-state index in [4.69, 9.17) is 14.2 Å². The number of ether oxygens (including phenoxy) is 3. The molecule has 7 nitrogen and oxygen atoms in total.